The highest BCUT2D eigenvalue weighted by atomic mass is 19.4. The molecule has 0 spiro atoms. The number of hydrogen-bond acceptors (Lipinski definition) is 3. The number of hydrogen-bond donors (Lipinski definition) is 1. The highest BCUT2D eigenvalue weighted by molar-refractivity contribution is 5.93. The van der Waals surface area contributed by atoms with Crippen LogP contribution in [0, 0.1) is 5.92 Å². The topological polar surface area (TPSA) is 78.4 Å². The number of halogens is 4. The van der Waals surface area contributed by atoms with Crippen LogP contribution < -0.4 is 5.56 Å². The van der Waals surface area contributed by atoms with Crippen LogP contribution in [0.2, 0.25) is 0 Å². The van der Waals surface area contributed by atoms with Crippen molar-refractivity contribution in [1.82, 2.24) is 19.6 Å². The van der Waals surface area contributed by atoms with E-state index in [0.29, 0.717) is 6.92 Å². The van der Waals surface area contributed by atoms with Gasteiger partial charge in [0.1, 0.15) is 5.69 Å². The summed E-state index contributed by atoms with van der Waals surface area (Å²) in [6.45, 7) is 0.483. The molecule has 0 bridgehead atoms. The van der Waals surface area contributed by atoms with Crippen molar-refractivity contribution < 1.29 is 27.2 Å². The second kappa shape index (κ2) is 6.52. The maximum atomic E-state index is 13.7. The molecule has 1 aliphatic rings. The zero-order chi connectivity index (χ0) is 19.1. The van der Waals surface area contributed by atoms with E-state index in [0.717, 1.165) is 11.0 Å². The third-order valence-corrected chi connectivity index (χ3v) is 4.36. The average Bonchev–Trinajstić information content (AvgIpc) is 2.80. The first-order chi connectivity index (χ1) is 11.4. The highest BCUT2D eigenvalue weighted by Gasteiger charge is 2.48. The van der Waals surface area contributed by atoms with Gasteiger partial charge in [0.05, 0.1) is 12.0 Å². The summed E-state index contributed by atoms with van der Waals surface area (Å²) >= 11 is 0. The second-order valence-electron chi connectivity index (χ2n) is 6.11. The van der Waals surface area contributed by atoms with Gasteiger partial charge >= 0.3 is 6.18 Å². The van der Waals surface area contributed by atoms with Gasteiger partial charge in [0.2, 0.25) is 0 Å². The van der Waals surface area contributed by atoms with Crippen LogP contribution in [0.3, 0.4) is 0 Å². The van der Waals surface area contributed by atoms with E-state index < -0.39 is 41.7 Å². The summed E-state index contributed by atoms with van der Waals surface area (Å²) in [5.74, 6) is -4.12. The number of alkyl halides is 4. The van der Waals surface area contributed by atoms with Crippen molar-refractivity contribution >= 4 is 11.8 Å². The number of rotatable bonds is 4. The van der Waals surface area contributed by atoms with E-state index in [4.69, 9.17) is 0 Å². The molecule has 2 rings (SSSR count). The van der Waals surface area contributed by atoms with Gasteiger partial charge in [-0.2, -0.15) is 13.2 Å². The maximum absolute atomic E-state index is 13.7. The lowest BCUT2D eigenvalue weighted by molar-refractivity contribution is -0.193. The van der Waals surface area contributed by atoms with Crippen LogP contribution in [-0.4, -0.2) is 69.9 Å². The number of aromatic nitrogens is 2. The fourth-order valence-electron chi connectivity index (χ4n) is 2.46. The largest absolute Gasteiger partial charge is 0.394 e. The number of aryl methyl sites for hydroxylation is 1. The fraction of sp³-hybridized carbons (Fsp3) is 0.643. The monoisotopic (exact) mass is 366 g/mol. The molecule has 0 aliphatic carbocycles. The standard InChI is InChI=1S/C14H18F4N4O3/c1-7(14(16,17)18)11(15)13(25)22-5-8(6-22)20(2)12(24)9-4-10(23)19-21(9)3/h4,7-8,11H,5-6H2,1-3H3,(H,19,23). The van der Waals surface area contributed by atoms with Crippen molar-refractivity contribution in [1.29, 1.82) is 0 Å². The summed E-state index contributed by atoms with van der Waals surface area (Å²) in [7, 11) is 2.92. The quantitative estimate of drug-likeness (QED) is 0.790. The molecule has 1 fully saturated rings. The Kier molecular flexibility index (Phi) is 4.96. The first-order valence-electron chi connectivity index (χ1n) is 7.46. The van der Waals surface area contributed by atoms with E-state index in [1.807, 2.05) is 0 Å². The van der Waals surface area contributed by atoms with E-state index in [1.54, 1.807) is 0 Å². The van der Waals surface area contributed by atoms with Gasteiger partial charge in [-0.25, -0.2) is 4.39 Å². The molecule has 0 radical (unpaired) electrons. The molecule has 11 heteroatoms. The number of carbonyl (C=O) groups excluding carboxylic acids is 2. The van der Waals surface area contributed by atoms with Crippen molar-refractivity contribution in [3.63, 3.8) is 0 Å². The van der Waals surface area contributed by atoms with Gasteiger partial charge in [-0.15, -0.1) is 0 Å². The van der Waals surface area contributed by atoms with Crippen molar-refractivity contribution in [2.45, 2.75) is 25.3 Å². The van der Waals surface area contributed by atoms with Gasteiger partial charge in [-0.3, -0.25) is 24.2 Å². The molecule has 25 heavy (non-hydrogen) atoms. The van der Waals surface area contributed by atoms with Crippen molar-refractivity contribution in [2.24, 2.45) is 13.0 Å². The Morgan fingerprint density at radius 1 is 1.36 bits per heavy atom. The number of likely N-dealkylation sites (N-methyl/N-ethyl adjacent to an activating group) is 1. The third-order valence-electron chi connectivity index (χ3n) is 4.36. The first-order valence-corrected chi connectivity index (χ1v) is 7.46. The minimum Gasteiger partial charge on any atom is -0.336 e. The van der Waals surface area contributed by atoms with Crippen molar-refractivity contribution in [3.05, 3.63) is 22.1 Å². The lowest BCUT2D eigenvalue weighted by Crippen LogP contribution is -2.63. The van der Waals surface area contributed by atoms with E-state index in [1.165, 1.54) is 23.7 Å². The van der Waals surface area contributed by atoms with Gasteiger partial charge < -0.3 is 9.80 Å². The molecular formula is C14H18F4N4O3. The zero-order valence-electron chi connectivity index (χ0n) is 13.8. The summed E-state index contributed by atoms with van der Waals surface area (Å²) in [5, 5.41) is 2.38. The van der Waals surface area contributed by atoms with Gasteiger partial charge in [-0.05, 0) is 0 Å². The molecule has 1 N–H and O–H groups in total. The Labute approximate surface area is 140 Å². The summed E-state index contributed by atoms with van der Waals surface area (Å²) in [6.07, 6.45) is -7.47. The lowest BCUT2D eigenvalue weighted by Gasteiger charge is -2.44. The fourth-order valence-corrected chi connectivity index (χ4v) is 2.46. The molecule has 1 aromatic rings. The van der Waals surface area contributed by atoms with Crippen LogP contribution in [0.25, 0.3) is 0 Å². The number of aromatic amines is 1. The molecule has 2 unspecified atom stereocenters. The summed E-state index contributed by atoms with van der Waals surface area (Å²) < 4.78 is 52.4. The molecule has 2 amide bonds. The Balaban J connectivity index is 1.95. The maximum Gasteiger partial charge on any atom is 0.394 e. The van der Waals surface area contributed by atoms with Crippen molar-refractivity contribution in [2.75, 3.05) is 20.1 Å². The van der Waals surface area contributed by atoms with Gasteiger partial charge in [0, 0.05) is 33.3 Å². The van der Waals surface area contributed by atoms with Crippen LogP contribution in [0.5, 0.6) is 0 Å². The minimum atomic E-state index is -4.80. The lowest BCUT2D eigenvalue weighted by atomic mass is 10.0. The number of amides is 2. The predicted molar refractivity (Wildman–Crippen MR) is 78.6 cm³/mol. The summed E-state index contributed by atoms with van der Waals surface area (Å²) in [4.78, 5) is 37.5. The second-order valence-corrected chi connectivity index (χ2v) is 6.11. The smallest absolute Gasteiger partial charge is 0.336 e. The molecule has 7 nitrogen and oxygen atoms in total. The number of likely N-dealkylation sites (tertiary alicyclic amines) is 1. The van der Waals surface area contributed by atoms with Gasteiger partial charge in [0.25, 0.3) is 17.4 Å². The zero-order valence-corrected chi connectivity index (χ0v) is 13.8. The van der Waals surface area contributed by atoms with E-state index in [9.17, 15) is 31.9 Å². The Morgan fingerprint density at radius 2 is 1.92 bits per heavy atom. The van der Waals surface area contributed by atoms with Crippen LogP contribution in [0.1, 0.15) is 17.4 Å². The van der Waals surface area contributed by atoms with Crippen LogP contribution in [-0.2, 0) is 11.8 Å². The molecule has 140 valence electrons. The molecule has 1 saturated heterocycles. The van der Waals surface area contributed by atoms with Crippen LogP contribution in [0.4, 0.5) is 17.6 Å². The molecule has 1 aliphatic heterocycles. The van der Waals surface area contributed by atoms with Crippen LogP contribution >= 0.6 is 0 Å². The number of carbonyl (C=O) groups is 2. The molecule has 1 aromatic heterocycles. The molecule has 0 aromatic carbocycles. The Hall–Kier alpha value is -2.33. The molecular weight excluding hydrogens is 348 g/mol. The SMILES string of the molecule is CC(C(F)C(=O)N1CC(N(C)C(=O)c2cc(=O)[nH]n2C)C1)C(F)(F)F. The summed E-state index contributed by atoms with van der Waals surface area (Å²) in [6, 6.07) is 0.651. The van der Waals surface area contributed by atoms with Crippen molar-refractivity contribution in [3.8, 4) is 0 Å². The Morgan fingerprint density at radius 3 is 2.36 bits per heavy atom. The molecule has 0 saturated carbocycles. The van der Waals surface area contributed by atoms with E-state index in [-0.39, 0.29) is 18.8 Å². The predicted octanol–water partition coefficient (Wildman–Crippen LogP) is 0.533. The van der Waals surface area contributed by atoms with Gasteiger partial charge in [0.15, 0.2) is 6.17 Å². The van der Waals surface area contributed by atoms with E-state index in [2.05, 4.69) is 5.10 Å². The first kappa shape index (κ1) is 19.0. The molecule has 2 heterocycles. The van der Waals surface area contributed by atoms with Gasteiger partial charge in [-0.1, -0.05) is 6.92 Å². The molecule has 2 atom stereocenters. The number of nitrogens with zero attached hydrogens (tertiary/aromatic N) is 3. The van der Waals surface area contributed by atoms with Crippen LogP contribution in [0.15, 0.2) is 10.9 Å². The normalized spacial score (nSPS) is 17.8. The Bertz CT molecular complexity index is 720. The highest BCUT2D eigenvalue weighted by Crippen LogP contribution is 2.31. The number of nitrogens with one attached hydrogen (secondary N) is 1. The summed E-state index contributed by atoms with van der Waals surface area (Å²) in [5.41, 5.74) is -0.350. The van der Waals surface area contributed by atoms with E-state index >= 15 is 0 Å². The average molecular weight is 366 g/mol. The third kappa shape index (κ3) is 3.69. The minimum absolute atomic E-state index is 0.0650. The number of H-pyrrole nitrogens is 1.